The Morgan fingerprint density at radius 1 is 1.07 bits per heavy atom. The van der Waals surface area contributed by atoms with Crippen molar-refractivity contribution in [2.75, 3.05) is 19.8 Å². The molecule has 2 aromatic carbocycles. The quantitative estimate of drug-likeness (QED) is 0.680. The van der Waals surface area contributed by atoms with Crippen molar-refractivity contribution in [1.29, 1.82) is 0 Å². The minimum atomic E-state index is -0.195. The third kappa shape index (κ3) is 5.25. The number of halogens is 1. The van der Waals surface area contributed by atoms with Gasteiger partial charge in [-0.2, -0.15) is 0 Å². The number of carbonyl (C=O) groups excluding carboxylic acids is 2. The van der Waals surface area contributed by atoms with Gasteiger partial charge >= 0.3 is 0 Å². The van der Waals surface area contributed by atoms with E-state index in [1.54, 1.807) is 24.3 Å². The Labute approximate surface area is 172 Å². The van der Waals surface area contributed by atoms with Crippen molar-refractivity contribution in [3.63, 3.8) is 0 Å². The molecule has 1 aliphatic rings. The fraction of sp³-hybridized carbons (Fsp3) is 0.333. The molecule has 1 atom stereocenters. The Morgan fingerprint density at radius 3 is 2.50 bits per heavy atom. The molecule has 1 aliphatic heterocycles. The normalized spacial score (nSPS) is 13.5. The first-order valence-corrected chi connectivity index (χ1v) is 10.1. The number of rotatable bonds is 7. The molecule has 0 aliphatic carbocycles. The van der Waals surface area contributed by atoms with Crippen molar-refractivity contribution in [1.82, 2.24) is 10.6 Å². The van der Waals surface area contributed by atoms with E-state index in [1.807, 2.05) is 25.1 Å². The molecule has 3 rings (SSSR count). The molecule has 2 amide bonds. The lowest BCUT2D eigenvalue weighted by Gasteiger charge is -2.22. The Bertz CT molecular complexity index is 839. The molecule has 0 radical (unpaired) electrons. The van der Waals surface area contributed by atoms with Crippen molar-refractivity contribution < 1.29 is 19.1 Å². The Hall–Kier alpha value is -2.54. The van der Waals surface area contributed by atoms with Gasteiger partial charge in [-0.05, 0) is 48.4 Å². The summed E-state index contributed by atoms with van der Waals surface area (Å²) < 4.78 is 12.1. The van der Waals surface area contributed by atoms with E-state index in [9.17, 15) is 9.59 Å². The minimum Gasteiger partial charge on any atom is -0.486 e. The molecule has 28 heavy (non-hydrogen) atoms. The summed E-state index contributed by atoms with van der Waals surface area (Å²) in [7, 11) is 0. The molecular formula is C21H23BrN2O4. The lowest BCUT2D eigenvalue weighted by molar-refractivity contribution is -0.121. The zero-order chi connectivity index (χ0) is 19.9. The number of fused-ring (bicyclic) bond motifs is 1. The molecule has 0 aromatic heterocycles. The van der Waals surface area contributed by atoms with Gasteiger partial charge in [0.05, 0.1) is 6.04 Å². The predicted molar refractivity (Wildman–Crippen MR) is 110 cm³/mol. The van der Waals surface area contributed by atoms with Crippen LogP contribution in [-0.2, 0) is 4.79 Å². The van der Waals surface area contributed by atoms with Crippen LogP contribution in [0.1, 0.15) is 41.7 Å². The van der Waals surface area contributed by atoms with E-state index in [4.69, 9.17) is 9.47 Å². The SMILES string of the molecule is CCC(NC(=O)CCNC(=O)c1ccc(Br)cc1)c1ccc2c(c1)OCCO2. The highest BCUT2D eigenvalue weighted by atomic mass is 79.9. The maximum atomic E-state index is 12.3. The average molecular weight is 447 g/mol. The van der Waals surface area contributed by atoms with E-state index in [1.165, 1.54) is 0 Å². The smallest absolute Gasteiger partial charge is 0.251 e. The summed E-state index contributed by atoms with van der Waals surface area (Å²) >= 11 is 3.34. The first-order chi connectivity index (χ1) is 13.6. The average Bonchev–Trinajstić information content (AvgIpc) is 2.72. The second kappa shape index (κ2) is 9.59. The van der Waals surface area contributed by atoms with Crippen LogP contribution in [0.3, 0.4) is 0 Å². The molecule has 0 fully saturated rings. The van der Waals surface area contributed by atoms with Crippen LogP contribution in [-0.4, -0.2) is 31.6 Å². The van der Waals surface area contributed by atoms with Crippen LogP contribution < -0.4 is 20.1 Å². The van der Waals surface area contributed by atoms with Gasteiger partial charge in [0.15, 0.2) is 11.5 Å². The summed E-state index contributed by atoms with van der Waals surface area (Å²) in [5, 5.41) is 5.79. The number of benzene rings is 2. The van der Waals surface area contributed by atoms with E-state index in [-0.39, 0.29) is 30.8 Å². The van der Waals surface area contributed by atoms with Crippen molar-refractivity contribution in [3.05, 3.63) is 58.1 Å². The van der Waals surface area contributed by atoms with Crippen LogP contribution >= 0.6 is 15.9 Å². The Balaban J connectivity index is 1.50. The van der Waals surface area contributed by atoms with Crippen LogP contribution in [0.5, 0.6) is 11.5 Å². The van der Waals surface area contributed by atoms with Crippen LogP contribution in [0, 0.1) is 0 Å². The van der Waals surface area contributed by atoms with Crippen molar-refractivity contribution in [3.8, 4) is 11.5 Å². The number of ether oxygens (including phenoxy) is 2. The summed E-state index contributed by atoms with van der Waals surface area (Å²) in [5.74, 6) is 1.13. The zero-order valence-electron chi connectivity index (χ0n) is 15.7. The number of nitrogens with one attached hydrogen (secondary N) is 2. The molecule has 6 nitrogen and oxygen atoms in total. The number of hydrogen-bond acceptors (Lipinski definition) is 4. The minimum absolute atomic E-state index is 0.113. The predicted octanol–water partition coefficient (Wildman–Crippen LogP) is 3.61. The first-order valence-electron chi connectivity index (χ1n) is 9.29. The fourth-order valence-corrected chi connectivity index (χ4v) is 3.22. The van der Waals surface area contributed by atoms with Gasteiger partial charge in [0.1, 0.15) is 13.2 Å². The van der Waals surface area contributed by atoms with Crippen LogP contribution in [0.25, 0.3) is 0 Å². The highest BCUT2D eigenvalue weighted by Gasteiger charge is 2.17. The molecule has 7 heteroatoms. The second-order valence-corrected chi connectivity index (χ2v) is 7.36. The second-order valence-electron chi connectivity index (χ2n) is 6.44. The van der Waals surface area contributed by atoms with Gasteiger partial charge in [-0.25, -0.2) is 0 Å². The lowest BCUT2D eigenvalue weighted by Crippen LogP contribution is -2.32. The third-order valence-electron chi connectivity index (χ3n) is 4.46. The van der Waals surface area contributed by atoms with E-state index in [0.29, 0.717) is 24.5 Å². The molecule has 2 N–H and O–H groups in total. The molecule has 0 saturated heterocycles. The highest BCUT2D eigenvalue weighted by Crippen LogP contribution is 2.33. The van der Waals surface area contributed by atoms with Gasteiger partial charge < -0.3 is 20.1 Å². The van der Waals surface area contributed by atoms with Gasteiger partial charge in [-0.3, -0.25) is 9.59 Å². The van der Waals surface area contributed by atoms with Gasteiger partial charge in [-0.15, -0.1) is 0 Å². The maximum absolute atomic E-state index is 12.3. The molecule has 0 bridgehead atoms. The fourth-order valence-electron chi connectivity index (χ4n) is 2.96. The van der Waals surface area contributed by atoms with Gasteiger partial charge in [0, 0.05) is 23.0 Å². The number of hydrogen-bond donors (Lipinski definition) is 2. The van der Waals surface area contributed by atoms with E-state index in [2.05, 4.69) is 26.6 Å². The number of amides is 2. The first kappa shape index (κ1) is 20.2. The van der Waals surface area contributed by atoms with Gasteiger partial charge in [-0.1, -0.05) is 28.9 Å². The van der Waals surface area contributed by atoms with Crippen LogP contribution in [0.15, 0.2) is 46.9 Å². The molecule has 0 saturated carbocycles. The summed E-state index contributed by atoms with van der Waals surface area (Å²) in [5.41, 5.74) is 1.53. The molecule has 1 unspecified atom stereocenters. The highest BCUT2D eigenvalue weighted by molar-refractivity contribution is 9.10. The van der Waals surface area contributed by atoms with Crippen molar-refractivity contribution >= 4 is 27.7 Å². The monoisotopic (exact) mass is 446 g/mol. The lowest BCUT2D eigenvalue weighted by atomic mass is 10.0. The van der Waals surface area contributed by atoms with E-state index >= 15 is 0 Å². The summed E-state index contributed by atoms with van der Waals surface area (Å²) in [4.78, 5) is 24.4. The van der Waals surface area contributed by atoms with Gasteiger partial charge in [0.2, 0.25) is 5.91 Å². The summed E-state index contributed by atoms with van der Waals surface area (Å²) in [6.07, 6.45) is 0.958. The van der Waals surface area contributed by atoms with Crippen LogP contribution in [0.4, 0.5) is 0 Å². The zero-order valence-corrected chi connectivity index (χ0v) is 17.3. The van der Waals surface area contributed by atoms with Gasteiger partial charge in [0.25, 0.3) is 5.91 Å². The largest absolute Gasteiger partial charge is 0.486 e. The molecule has 2 aromatic rings. The topological polar surface area (TPSA) is 76.7 Å². The third-order valence-corrected chi connectivity index (χ3v) is 4.98. The molecule has 1 heterocycles. The van der Waals surface area contributed by atoms with Crippen molar-refractivity contribution in [2.24, 2.45) is 0 Å². The standard InChI is InChI=1S/C21H23BrN2O4/c1-2-17(15-5-8-18-19(13-15)28-12-11-27-18)24-20(25)9-10-23-21(26)14-3-6-16(22)7-4-14/h3-8,13,17H,2,9-12H2,1H3,(H,23,26)(H,24,25). The number of carbonyl (C=O) groups is 2. The van der Waals surface area contributed by atoms with Crippen LogP contribution in [0.2, 0.25) is 0 Å². The summed E-state index contributed by atoms with van der Waals surface area (Å²) in [6.45, 7) is 3.36. The Kier molecular flexibility index (Phi) is 6.92. The molecule has 0 spiro atoms. The summed E-state index contributed by atoms with van der Waals surface area (Å²) in [6, 6.07) is 12.7. The molecular weight excluding hydrogens is 424 g/mol. The van der Waals surface area contributed by atoms with E-state index in [0.717, 1.165) is 22.2 Å². The van der Waals surface area contributed by atoms with E-state index < -0.39 is 0 Å². The Morgan fingerprint density at radius 2 is 1.79 bits per heavy atom. The molecule has 148 valence electrons. The maximum Gasteiger partial charge on any atom is 0.251 e. The van der Waals surface area contributed by atoms with Crippen molar-refractivity contribution in [2.45, 2.75) is 25.8 Å².